The van der Waals surface area contributed by atoms with E-state index in [0.717, 1.165) is 10.9 Å². The van der Waals surface area contributed by atoms with Gasteiger partial charge in [0.1, 0.15) is 24.2 Å². The Bertz CT molecular complexity index is 1530. The number of carboxylic acids is 3. The number of amides is 5. The van der Waals surface area contributed by atoms with Crippen molar-refractivity contribution in [3.63, 3.8) is 0 Å². The van der Waals surface area contributed by atoms with Gasteiger partial charge in [-0.05, 0) is 37.4 Å². The normalized spacial score (nSPS) is 14.0. The summed E-state index contributed by atoms with van der Waals surface area (Å²) >= 11 is 0. The van der Waals surface area contributed by atoms with Gasteiger partial charge in [-0.1, -0.05) is 24.6 Å². The summed E-state index contributed by atoms with van der Waals surface area (Å²) in [4.78, 5) is 102. The van der Waals surface area contributed by atoms with Crippen LogP contribution in [0.3, 0.4) is 0 Å². The Balaban J connectivity index is 2.32. The number of aromatic nitrogens is 1. The summed E-state index contributed by atoms with van der Waals surface area (Å²) in [6.45, 7) is 0.386. The molecule has 0 fully saturated rings. The second kappa shape index (κ2) is 19.3. The average molecular weight is 691 g/mol. The molecule has 2 rings (SSSR count). The molecular weight excluding hydrogens is 648 g/mol. The molecule has 0 unspecified atom stereocenters. The molecule has 1 aromatic heterocycles. The Morgan fingerprint density at radius 3 is 1.78 bits per heavy atom. The molecule has 0 saturated heterocycles. The Kier molecular flexibility index (Phi) is 15.6. The third kappa shape index (κ3) is 13.2. The number of para-hydroxylation sites is 1. The summed E-state index contributed by atoms with van der Waals surface area (Å²) < 4.78 is 0. The molecule has 1 aromatic carbocycles. The SMILES string of the molecule is NCCCC[C@H](N)C(=O)N[C@@H](Cc1c[nH]c2ccccc12)C(=O)N[C@@H](CC(=O)O)C(=O)N[C@@H](CC(=O)O)C(=O)N[C@@H](CCC(N)=O)C(=O)O. The number of aromatic amines is 1. The van der Waals surface area contributed by atoms with Crippen molar-refractivity contribution in [3.8, 4) is 0 Å². The third-order valence-corrected chi connectivity index (χ3v) is 7.36. The molecule has 0 aliphatic carbocycles. The van der Waals surface area contributed by atoms with Crippen LogP contribution >= 0.6 is 0 Å². The lowest BCUT2D eigenvalue weighted by Gasteiger charge is -2.25. The Morgan fingerprint density at radius 2 is 1.24 bits per heavy atom. The summed E-state index contributed by atoms with van der Waals surface area (Å²) in [6.07, 6.45) is -0.0701. The lowest BCUT2D eigenvalue weighted by atomic mass is 10.0. The summed E-state index contributed by atoms with van der Waals surface area (Å²) in [5, 5.41) is 37.8. The minimum atomic E-state index is -1.93. The number of primary amides is 1. The molecule has 0 spiro atoms. The number of carbonyl (C=O) groups excluding carboxylic acids is 5. The topological polar surface area (TPSA) is 339 Å². The van der Waals surface area contributed by atoms with Crippen LogP contribution < -0.4 is 38.5 Å². The van der Waals surface area contributed by atoms with Gasteiger partial charge in [0.25, 0.3) is 0 Å². The van der Waals surface area contributed by atoms with E-state index in [1.165, 1.54) is 0 Å². The third-order valence-electron chi connectivity index (χ3n) is 7.36. The molecule has 19 nitrogen and oxygen atoms in total. The summed E-state index contributed by atoms with van der Waals surface area (Å²) in [6, 6.07) is -0.800. The van der Waals surface area contributed by atoms with Gasteiger partial charge in [-0.3, -0.25) is 33.6 Å². The molecule has 0 radical (unpaired) electrons. The number of hydrogen-bond donors (Lipinski definition) is 11. The van der Waals surface area contributed by atoms with Crippen molar-refractivity contribution < 1.29 is 53.7 Å². The maximum atomic E-state index is 13.6. The fourth-order valence-electron chi connectivity index (χ4n) is 4.78. The van der Waals surface area contributed by atoms with Crippen molar-refractivity contribution in [2.24, 2.45) is 17.2 Å². The van der Waals surface area contributed by atoms with E-state index in [1.54, 1.807) is 30.5 Å². The van der Waals surface area contributed by atoms with Crippen LogP contribution in [0.1, 0.15) is 50.5 Å². The van der Waals surface area contributed by atoms with Crippen molar-refractivity contribution in [1.82, 2.24) is 26.3 Å². The van der Waals surface area contributed by atoms with Gasteiger partial charge in [0.15, 0.2) is 0 Å². The zero-order valence-corrected chi connectivity index (χ0v) is 26.5. The highest BCUT2D eigenvalue weighted by Crippen LogP contribution is 2.19. The molecule has 0 aliphatic rings. The predicted octanol–water partition coefficient (Wildman–Crippen LogP) is -2.59. The fraction of sp³-hybridized carbons (Fsp3) is 0.467. The first-order chi connectivity index (χ1) is 23.1. The molecule has 0 bridgehead atoms. The molecule has 0 aliphatic heterocycles. The van der Waals surface area contributed by atoms with E-state index in [4.69, 9.17) is 17.2 Å². The number of nitrogens with two attached hydrogens (primary N) is 3. The quantitative estimate of drug-likeness (QED) is 0.0566. The predicted molar refractivity (Wildman–Crippen MR) is 171 cm³/mol. The average Bonchev–Trinajstić information content (AvgIpc) is 3.43. The molecule has 0 saturated carbocycles. The highest BCUT2D eigenvalue weighted by atomic mass is 16.4. The van der Waals surface area contributed by atoms with Crippen molar-refractivity contribution in [1.29, 1.82) is 0 Å². The van der Waals surface area contributed by atoms with Crippen LogP contribution in [0.4, 0.5) is 0 Å². The van der Waals surface area contributed by atoms with Gasteiger partial charge in [0.05, 0.1) is 18.9 Å². The maximum absolute atomic E-state index is 13.6. The van der Waals surface area contributed by atoms with E-state index in [0.29, 0.717) is 24.9 Å². The van der Waals surface area contributed by atoms with Crippen molar-refractivity contribution in [3.05, 3.63) is 36.0 Å². The molecule has 1 heterocycles. The smallest absolute Gasteiger partial charge is 0.326 e. The van der Waals surface area contributed by atoms with Gasteiger partial charge in [-0.2, -0.15) is 0 Å². The van der Waals surface area contributed by atoms with E-state index in [1.807, 2.05) is 10.6 Å². The monoisotopic (exact) mass is 690 g/mol. The molecule has 268 valence electrons. The summed E-state index contributed by atoms with van der Waals surface area (Å²) in [7, 11) is 0. The zero-order chi connectivity index (χ0) is 36.7. The van der Waals surface area contributed by atoms with Gasteiger partial charge < -0.3 is 58.8 Å². The Hall–Kier alpha value is -5.56. The molecule has 5 atom stereocenters. The lowest BCUT2D eigenvalue weighted by Crippen LogP contribution is -2.59. The Morgan fingerprint density at radius 1 is 0.714 bits per heavy atom. The number of unbranched alkanes of at least 4 members (excludes halogenated alkanes) is 1. The largest absolute Gasteiger partial charge is 0.481 e. The van der Waals surface area contributed by atoms with Gasteiger partial charge in [-0.25, -0.2) is 4.79 Å². The molecule has 19 heteroatoms. The number of benzene rings is 1. The van der Waals surface area contributed by atoms with E-state index < -0.39 is 103 Å². The van der Waals surface area contributed by atoms with Crippen LogP contribution in [0.5, 0.6) is 0 Å². The highest BCUT2D eigenvalue weighted by molar-refractivity contribution is 5.98. The number of nitrogens with one attached hydrogen (secondary N) is 5. The van der Waals surface area contributed by atoms with Crippen LogP contribution in [0, 0.1) is 0 Å². The minimum absolute atomic E-state index is 0.121. The Labute approximate surface area is 279 Å². The second-order valence-electron chi connectivity index (χ2n) is 11.2. The van der Waals surface area contributed by atoms with E-state index in [2.05, 4.69) is 15.6 Å². The first kappa shape index (κ1) is 39.6. The zero-order valence-electron chi connectivity index (χ0n) is 26.5. The van der Waals surface area contributed by atoms with Gasteiger partial charge >= 0.3 is 17.9 Å². The number of fused-ring (bicyclic) bond motifs is 1. The van der Waals surface area contributed by atoms with Crippen LogP contribution in [-0.4, -0.2) is 105 Å². The van der Waals surface area contributed by atoms with Crippen molar-refractivity contribution in [2.45, 2.75) is 81.6 Å². The summed E-state index contributed by atoms with van der Waals surface area (Å²) in [5.74, 6) is -9.85. The van der Waals surface area contributed by atoms with Crippen LogP contribution in [0.2, 0.25) is 0 Å². The first-order valence-electron chi connectivity index (χ1n) is 15.3. The maximum Gasteiger partial charge on any atom is 0.326 e. The van der Waals surface area contributed by atoms with Crippen LogP contribution in [0.25, 0.3) is 10.9 Å². The van der Waals surface area contributed by atoms with Crippen molar-refractivity contribution in [2.75, 3.05) is 6.54 Å². The van der Waals surface area contributed by atoms with Gasteiger partial charge in [0, 0.05) is 29.9 Å². The number of aliphatic carboxylic acids is 3. The van der Waals surface area contributed by atoms with E-state index in [9.17, 15) is 53.7 Å². The number of hydrogen-bond acceptors (Lipinski definition) is 10. The number of carbonyl (C=O) groups is 8. The van der Waals surface area contributed by atoms with E-state index >= 15 is 0 Å². The van der Waals surface area contributed by atoms with E-state index in [-0.39, 0.29) is 12.8 Å². The lowest BCUT2D eigenvalue weighted by molar-refractivity contribution is -0.145. The van der Waals surface area contributed by atoms with Gasteiger partial charge in [0.2, 0.25) is 29.5 Å². The van der Waals surface area contributed by atoms with Gasteiger partial charge in [-0.15, -0.1) is 0 Å². The highest BCUT2D eigenvalue weighted by Gasteiger charge is 2.34. The number of carboxylic acid groups (broad SMARTS) is 3. The minimum Gasteiger partial charge on any atom is -0.481 e. The van der Waals surface area contributed by atoms with Crippen molar-refractivity contribution >= 4 is 58.3 Å². The fourth-order valence-corrected chi connectivity index (χ4v) is 4.78. The molecule has 14 N–H and O–H groups in total. The molecule has 5 amide bonds. The number of H-pyrrole nitrogens is 1. The van der Waals surface area contributed by atoms with Crippen LogP contribution in [-0.2, 0) is 44.8 Å². The standard InChI is InChI=1S/C30H42N8O11/c31-10-4-3-6-17(32)26(44)36-20(11-15-14-34-18-7-2-1-5-16(15)18)27(45)37-22(13-25(42)43)29(47)38-21(12-24(40)41)28(46)35-19(30(48)49)8-9-23(33)39/h1-2,5,7,14,17,19-22,34H,3-4,6,8-13,31-32H2,(H2,33,39)(H,35,46)(H,36,44)(H,37,45)(H,38,47)(H,40,41)(H,42,43)(H,48,49)/t17-,19-,20-,21-,22-/m0/s1. The van der Waals surface area contributed by atoms with Crippen LogP contribution in [0.15, 0.2) is 30.5 Å². The second-order valence-corrected chi connectivity index (χ2v) is 11.2. The summed E-state index contributed by atoms with van der Waals surface area (Å²) in [5.41, 5.74) is 17.9. The first-order valence-corrected chi connectivity index (χ1v) is 15.3. The number of rotatable bonds is 22. The molecular formula is C30H42N8O11. The molecule has 49 heavy (non-hydrogen) atoms. The molecule has 2 aromatic rings.